The summed E-state index contributed by atoms with van der Waals surface area (Å²) in [6.07, 6.45) is 2.36. The maximum absolute atomic E-state index is 12.3. The van der Waals surface area contributed by atoms with Crippen LogP contribution in [0.5, 0.6) is 0 Å². The summed E-state index contributed by atoms with van der Waals surface area (Å²) < 4.78 is 4.85. The van der Waals surface area contributed by atoms with E-state index in [0.717, 1.165) is 19.0 Å². The van der Waals surface area contributed by atoms with Crippen molar-refractivity contribution in [2.75, 3.05) is 32.1 Å². The molecule has 1 aliphatic rings. The van der Waals surface area contributed by atoms with Gasteiger partial charge in [0.2, 0.25) is 0 Å². The normalized spacial score (nSPS) is 16.9. The van der Waals surface area contributed by atoms with Crippen molar-refractivity contribution in [3.05, 3.63) is 52.3 Å². The monoisotopic (exact) mass is 449 g/mol. The Morgan fingerprint density at radius 1 is 1.25 bits per heavy atom. The average molecular weight is 450 g/mol. The van der Waals surface area contributed by atoms with Crippen molar-refractivity contribution in [3.8, 4) is 6.07 Å². The van der Waals surface area contributed by atoms with Gasteiger partial charge in [0.25, 0.3) is 0 Å². The van der Waals surface area contributed by atoms with Crippen molar-refractivity contribution < 1.29 is 9.53 Å². The first-order valence-electron chi connectivity index (χ1n) is 10.9. The number of piperidine rings is 1. The van der Waals surface area contributed by atoms with Crippen LogP contribution in [0, 0.1) is 17.2 Å². The van der Waals surface area contributed by atoms with Gasteiger partial charge < -0.3 is 10.1 Å². The van der Waals surface area contributed by atoms with Crippen molar-refractivity contribution in [2.24, 2.45) is 5.92 Å². The van der Waals surface area contributed by atoms with Crippen molar-refractivity contribution >= 4 is 34.2 Å². The second-order valence-corrected chi connectivity index (χ2v) is 9.14. The lowest BCUT2D eigenvalue weighted by atomic mass is 9.97. The summed E-state index contributed by atoms with van der Waals surface area (Å²) in [7, 11) is 1.28. The summed E-state index contributed by atoms with van der Waals surface area (Å²) in [5, 5.41) is 15.2. The number of esters is 1. The molecule has 0 aliphatic carbocycles. The number of benzene rings is 1. The Morgan fingerprint density at radius 3 is 2.59 bits per heavy atom. The molecular weight excluding hydrogens is 422 g/mol. The molecule has 3 heterocycles. The second-order valence-electron chi connectivity index (χ2n) is 8.16. The molecule has 0 amide bonds. The molecule has 2 aromatic heterocycles. The number of thiophene rings is 1. The molecule has 2 atom stereocenters. The van der Waals surface area contributed by atoms with Crippen LogP contribution in [0.3, 0.4) is 0 Å². The Bertz CT molecular complexity index is 1100. The number of carbonyl (C=O) groups excluding carboxylic acids is 1. The number of para-hydroxylation sites is 2. The van der Waals surface area contributed by atoms with Crippen molar-refractivity contribution in [3.63, 3.8) is 0 Å². The largest absolute Gasteiger partial charge is 0.468 e. The summed E-state index contributed by atoms with van der Waals surface area (Å²) in [5.41, 5.74) is 1.65. The van der Waals surface area contributed by atoms with E-state index in [-0.39, 0.29) is 6.04 Å². The molecule has 0 saturated carbocycles. The summed E-state index contributed by atoms with van der Waals surface area (Å²) in [6.45, 7) is 5.01. The lowest BCUT2D eigenvalue weighted by molar-refractivity contribution is -0.141. The zero-order valence-corrected chi connectivity index (χ0v) is 19.1. The lowest BCUT2D eigenvalue weighted by Crippen LogP contribution is -2.39. The number of nitrogens with one attached hydrogen (secondary N) is 1. The zero-order valence-electron chi connectivity index (χ0n) is 18.3. The van der Waals surface area contributed by atoms with Gasteiger partial charge in [-0.2, -0.15) is 5.26 Å². The summed E-state index contributed by atoms with van der Waals surface area (Å²) in [5.74, 6) is -0.583. The van der Waals surface area contributed by atoms with Crippen LogP contribution in [-0.2, 0) is 9.53 Å². The molecule has 4 rings (SSSR count). The average Bonchev–Trinajstić information content (AvgIpc) is 3.35. The predicted octanol–water partition coefficient (Wildman–Crippen LogP) is 4.36. The number of hydrogen-bond donors (Lipinski definition) is 1. The number of methoxy groups -OCH3 is 1. The Morgan fingerprint density at radius 2 is 1.97 bits per heavy atom. The van der Waals surface area contributed by atoms with Crippen LogP contribution in [0.4, 0.5) is 5.82 Å². The van der Waals surface area contributed by atoms with E-state index < -0.39 is 11.9 Å². The van der Waals surface area contributed by atoms with Gasteiger partial charge in [-0.05, 0) is 55.4 Å². The molecule has 166 valence electrons. The maximum atomic E-state index is 12.3. The highest BCUT2D eigenvalue weighted by molar-refractivity contribution is 7.10. The van der Waals surface area contributed by atoms with Crippen molar-refractivity contribution in [1.29, 1.82) is 5.26 Å². The quantitative estimate of drug-likeness (QED) is 0.536. The van der Waals surface area contributed by atoms with Crippen LogP contribution in [0.25, 0.3) is 11.0 Å². The Balaban J connectivity index is 1.66. The number of anilines is 1. The minimum absolute atomic E-state index is 0.183. The van der Waals surface area contributed by atoms with E-state index in [0.29, 0.717) is 29.1 Å². The molecule has 8 heteroatoms. The molecule has 1 fully saturated rings. The molecule has 0 radical (unpaired) electrons. The molecule has 7 nitrogen and oxygen atoms in total. The lowest BCUT2D eigenvalue weighted by Gasteiger charge is -2.36. The molecule has 1 N–H and O–H groups in total. The zero-order chi connectivity index (χ0) is 22.5. The fourth-order valence-electron chi connectivity index (χ4n) is 4.11. The third-order valence-electron chi connectivity index (χ3n) is 6.03. The third kappa shape index (κ3) is 4.74. The molecule has 0 unspecified atom stereocenters. The van der Waals surface area contributed by atoms with Crippen LogP contribution in [0.1, 0.15) is 42.3 Å². The van der Waals surface area contributed by atoms with Crippen LogP contribution < -0.4 is 5.32 Å². The standard InChI is InChI=1S/C24H27N5O2S/c1-16-9-11-29(12-10-16)20(21-8-5-13-32-21)15-26-23-22(17(14-25)24(30)31-2)27-18-6-3-4-7-19(18)28-23/h3-8,13,16-17,20H,9-12,15H2,1-2H3,(H,26,28)/t17-,20+/m1/s1. The van der Waals surface area contributed by atoms with Gasteiger partial charge in [-0.15, -0.1) is 11.3 Å². The molecular formula is C24H27N5O2S. The van der Waals surface area contributed by atoms with Crippen LogP contribution >= 0.6 is 11.3 Å². The van der Waals surface area contributed by atoms with E-state index >= 15 is 0 Å². The summed E-state index contributed by atoms with van der Waals surface area (Å²) in [4.78, 5) is 25.4. The van der Waals surface area contributed by atoms with Gasteiger partial charge >= 0.3 is 5.97 Å². The highest BCUT2D eigenvalue weighted by atomic mass is 32.1. The topological polar surface area (TPSA) is 91.1 Å². The molecule has 1 aromatic carbocycles. The minimum atomic E-state index is -1.14. The molecule has 32 heavy (non-hydrogen) atoms. The van der Waals surface area contributed by atoms with E-state index in [2.05, 4.69) is 39.6 Å². The minimum Gasteiger partial charge on any atom is -0.468 e. The molecule has 3 aromatic rings. The third-order valence-corrected chi connectivity index (χ3v) is 7.00. The number of fused-ring (bicyclic) bond motifs is 1. The summed E-state index contributed by atoms with van der Waals surface area (Å²) >= 11 is 1.74. The van der Waals surface area contributed by atoms with Gasteiger partial charge in [0, 0.05) is 11.4 Å². The Hall–Kier alpha value is -3.02. The van der Waals surface area contributed by atoms with Gasteiger partial charge in [-0.3, -0.25) is 9.69 Å². The van der Waals surface area contributed by atoms with Crippen LogP contribution in [0.2, 0.25) is 0 Å². The SMILES string of the molecule is COC(=O)[C@H](C#N)c1nc2ccccc2nc1NC[C@@H](c1cccs1)N1CCC(C)CC1. The number of nitriles is 1. The number of ether oxygens (including phenoxy) is 1. The van der Waals surface area contributed by atoms with Gasteiger partial charge in [0.1, 0.15) is 5.69 Å². The van der Waals surface area contributed by atoms with Crippen molar-refractivity contribution in [2.45, 2.75) is 31.7 Å². The second kappa shape index (κ2) is 10.1. The molecule has 1 saturated heterocycles. The van der Waals surface area contributed by atoms with E-state index in [9.17, 15) is 10.1 Å². The van der Waals surface area contributed by atoms with E-state index in [1.54, 1.807) is 11.3 Å². The highest BCUT2D eigenvalue weighted by Gasteiger charge is 2.29. The smallest absolute Gasteiger partial charge is 0.329 e. The number of rotatable bonds is 7. The first-order chi connectivity index (χ1) is 15.6. The van der Waals surface area contributed by atoms with Crippen LogP contribution in [-0.4, -0.2) is 47.6 Å². The van der Waals surface area contributed by atoms with Crippen molar-refractivity contribution in [1.82, 2.24) is 14.9 Å². The number of nitrogens with zero attached hydrogens (tertiary/aromatic N) is 4. The molecule has 0 bridgehead atoms. The number of hydrogen-bond acceptors (Lipinski definition) is 8. The predicted molar refractivity (Wildman–Crippen MR) is 125 cm³/mol. The van der Waals surface area contributed by atoms with E-state index in [1.165, 1.54) is 24.8 Å². The number of carbonyl (C=O) groups is 1. The number of likely N-dealkylation sites (tertiary alicyclic amines) is 1. The maximum Gasteiger partial charge on any atom is 0.329 e. The Labute approximate surface area is 192 Å². The van der Waals surface area contributed by atoms with Gasteiger partial charge in [0.05, 0.1) is 30.3 Å². The fourth-order valence-corrected chi connectivity index (χ4v) is 4.97. The first kappa shape index (κ1) is 22.2. The number of aromatic nitrogens is 2. The highest BCUT2D eigenvalue weighted by Crippen LogP contribution is 2.31. The van der Waals surface area contributed by atoms with Gasteiger partial charge in [-0.1, -0.05) is 25.1 Å². The molecule has 0 spiro atoms. The fraction of sp³-hybridized carbons (Fsp3) is 0.417. The summed E-state index contributed by atoms with van der Waals surface area (Å²) in [6, 6.07) is 13.9. The Kier molecular flexibility index (Phi) is 6.98. The van der Waals surface area contributed by atoms with Crippen LogP contribution in [0.15, 0.2) is 41.8 Å². The van der Waals surface area contributed by atoms with E-state index in [4.69, 9.17) is 9.72 Å². The van der Waals surface area contributed by atoms with E-state index in [1.807, 2.05) is 30.3 Å². The first-order valence-corrected chi connectivity index (χ1v) is 11.7. The van der Waals surface area contributed by atoms with Gasteiger partial charge in [-0.25, -0.2) is 9.97 Å². The van der Waals surface area contributed by atoms with Gasteiger partial charge in [0.15, 0.2) is 11.7 Å². The molecule has 1 aliphatic heterocycles.